The van der Waals surface area contributed by atoms with E-state index in [9.17, 15) is 8.42 Å². The van der Waals surface area contributed by atoms with E-state index >= 15 is 0 Å². The third-order valence-corrected chi connectivity index (χ3v) is 5.65. The van der Waals surface area contributed by atoms with Gasteiger partial charge in [0.2, 0.25) is 10.0 Å². The third-order valence-electron chi connectivity index (χ3n) is 3.84. The van der Waals surface area contributed by atoms with Crippen molar-refractivity contribution >= 4 is 10.0 Å². The van der Waals surface area contributed by atoms with Gasteiger partial charge >= 0.3 is 0 Å². The second kappa shape index (κ2) is 5.24. The van der Waals surface area contributed by atoms with Crippen LogP contribution < -0.4 is 0 Å². The summed E-state index contributed by atoms with van der Waals surface area (Å²) in [5.74, 6) is 0.391. The molecule has 2 aromatic rings. The summed E-state index contributed by atoms with van der Waals surface area (Å²) in [7, 11) is -3.46. The Morgan fingerprint density at radius 3 is 2.43 bits per heavy atom. The minimum Gasteiger partial charge on any atom is -0.260 e. The van der Waals surface area contributed by atoms with Crippen molar-refractivity contribution in [1.29, 1.82) is 0 Å². The lowest BCUT2D eigenvalue weighted by Gasteiger charge is -2.16. The molecule has 0 aliphatic carbocycles. The van der Waals surface area contributed by atoms with E-state index < -0.39 is 10.0 Å². The number of benzene rings is 1. The molecule has 0 saturated heterocycles. The molecule has 0 saturated carbocycles. The molecule has 1 aromatic carbocycles. The van der Waals surface area contributed by atoms with Crippen LogP contribution in [0.1, 0.15) is 36.6 Å². The highest BCUT2D eigenvalue weighted by molar-refractivity contribution is 7.89. The van der Waals surface area contributed by atoms with Gasteiger partial charge in [0.05, 0.1) is 17.1 Å². The van der Waals surface area contributed by atoms with E-state index in [0.717, 1.165) is 16.8 Å². The van der Waals surface area contributed by atoms with E-state index in [1.54, 1.807) is 18.3 Å². The Labute approximate surface area is 125 Å². The van der Waals surface area contributed by atoms with Crippen LogP contribution in [0.3, 0.4) is 0 Å². The predicted molar refractivity (Wildman–Crippen MR) is 81.2 cm³/mol. The molecule has 2 heterocycles. The summed E-state index contributed by atoms with van der Waals surface area (Å²) in [4.78, 5) is 4.59. The van der Waals surface area contributed by atoms with Crippen LogP contribution in [0, 0.1) is 0 Å². The van der Waals surface area contributed by atoms with E-state index in [1.807, 2.05) is 24.3 Å². The topological polar surface area (TPSA) is 50.3 Å². The Morgan fingerprint density at radius 1 is 1.10 bits per heavy atom. The number of nitrogens with zero attached hydrogens (tertiary/aromatic N) is 2. The van der Waals surface area contributed by atoms with Crippen LogP contribution >= 0.6 is 0 Å². The number of hydrogen-bond acceptors (Lipinski definition) is 3. The molecule has 0 amide bonds. The van der Waals surface area contributed by atoms with Crippen LogP contribution in [0.2, 0.25) is 0 Å². The lowest BCUT2D eigenvalue weighted by Crippen LogP contribution is -2.25. The molecule has 0 atom stereocenters. The van der Waals surface area contributed by atoms with E-state index in [4.69, 9.17) is 0 Å². The van der Waals surface area contributed by atoms with Crippen LogP contribution in [0.5, 0.6) is 0 Å². The highest BCUT2D eigenvalue weighted by atomic mass is 32.2. The van der Waals surface area contributed by atoms with Crippen molar-refractivity contribution in [3.8, 4) is 0 Å². The zero-order valence-corrected chi connectivity index (χ0v) is 13.0. The van der Waals surface area contributed by atoms with Crippen molar-refractivity contribution in [2.24, 2.45) is 0 Å². The molecule has 110 valence electrons. The maximum Gasteiger partial charge on any atom is 0.243 e. The van der Waals surface area contributed by atoms with E-state index in [-0.39, 0.29) is 0 Å². The largest absolute Gasteiger partial charge is 0.260 e. The van der Waals surface area contributed by atoms with Crippen molar-refractivity contribution in [2.45, 2.75) is 37.8 Å². The first kappa shape index (κ1) is 14.2. The first-order chi connectivity index (χ1) is 9.98. The number of rotatable bonds is 3. The highest BCUT2D eigenvalue weighted by Gasteiger charge is 2.31. The lowest BCUT2D eigenvalue weighted by molar-refractivity contribution is 0.429. The maximum absolute atomic E-state index is 12.7. The van der Waals surface area contributed by atoms with Crippen molar-refractivity contribution in [3.05, 3.63) is 59.4 Å². The summed E-state index contributed by atoms with van der Waals surface area (Å²) in [5, 5.41) is 0. The smallest absolute Gasteiger partial charge is 0.243 e. The van der Waals surface area contributed by atoms with Gasteiger partial charge in [-0.3, -0.25) is 4.98 Å². The average Bonchev–Trinajstić information content (AvgIpc) is 2.92. The van der Waals surface area contributed by atoms with E-state index in [0.29, 0.717) is 23.9 Å². The third kappa shape index (κ3) is 2.59. The minimum absolute atomic E-state index is 0.347. The van der Waals surface area contributed by atoms with Gasteiger partial charge in [0, 0.05) is 12.7 Å². The summed E-state index contributed by atoms with van der Waals surface area (Å²) >= 11 is 0. The molecule has 5 heteroatoms. The summed E-state index contributed by atoms with van der Waals surface area (Å²) < 4.78 is 26.8. The molecule has 0 fully saturated rings. The van der Waals surface area contributed by atoms with Crippen LogP contribution in [-0.2, 0) is 23.1 Å². The molecular weight excluding hydrogens is 284 g/mol. The molecule has 3 rings (SSSR count). The number of sulfonamides is 1. The SMILES string of the molecule is CC(C)c1ccc(S(=O)(=O)N2Cc3cccnc3C2)cc1. The second-order valence-corrected chi connectivity index (χ2v) is 7.54. The fourth-order valence-electron chi connectivity index (χ4n) is 2.51. The maximum atomic E-state index is 12.7. The van der Waals surface area contributed by atoms with Crippen molar-refractivity contribution in [3.63, 3.8) is 0 Å². The molecule has 0 spiro atoms. The number of pyridine rings is 1. The summed E-state index contributed by atoms with van der Waals surface area (Å²) in [5.41, 5.74) is 2.97. The summed E-state index contributed by atoms with van der Waals surface area (Å²) in [6.07, 6.45) is 1.70. The standard InChI is InChI=1S/C16H18N2O2S/c1-12(2)13-5-7-15(8-6-13)21(19,20)18-10-14-4-3-9-17-16(14)11-18/h3-9,12H,10-11H2,1-2H3. The van der Waals surface area contributed by atoms with Gasteiger partial charge in [0.25, 0.3) is 0 Å². The summed E-state index contributed by atoms with van der Waals surface area (Å²) in [6, 6.07) is 10.9. The lowest BCUT2D eigenvalue weighted by atomic mass is 10.0. The first-order valence-electron chi connectivity index (χ1n) is 7.01. The first-order valence-corrected chi connectivity index (χ1v) is 8.45. The highest BCUT2D eigenvalue weighted by Crippen LogP contribution is 2.27. The Kier molecular flexibility index (Phi) is 3.55. The Morgan fingerprint density at radius 2 is 1.81 bits per heavy atom. The fourth-order valence-corrected chi connectivity index (χ4v) is 3.89. The zero-order chi connectivity index (χ0) is 15.0. The molecule has 0 N–H and O–H groups in total. The quantitative estimate of drug-likeness (QED) is 0.876. The van der Waals surface area contributed by atoms with Gasteiger partial charge < -0.3 is 0 Å². The van der Waals surface area contributed by atoms with Gasteiger partial charge in [-0.05, 0) is 35.2 Å². The average molecular weight is 302 g/mol. The molecular formula is C16H18N2O2S. The van der Waals surface area contributed by atoms with Gasteiger partial charge in [-0.2, -0.15) is 4.31 Å². The van der Waals surface area contributed by atoms with Crippen LogP contribution in [-0.4, -0.2) is 17.7 Å². The monoisotopic (exact) mass is 302 g/mol. The molecule has 1 aliphatic rings. The fraction of sp³-hybridized carbons (Fsp3) is 0.312. The second-order valence-electron chi connectivity index (χ2n) is 5.61. The predicted octanol–water partition coefficient (Wildman–Crippen LogP) is 2.91. The minimum atomic E-state index is -3.46. The van der Waals surface area contributed by atoms with Crippen molar-refractivity contribution in [1.82, 2.24) is 9.29 Å². The van der Waals surface area contributed by atoms with Gasteiger partial charge in [-0.25, -0.2) is 8.42 Å². The zero-order valence-electron chi connectivity index (χ0n) is 12.2. The van der Waals surface area contributed by atoms with E-state index in [2.05, 4.69) is 18.8 Å². The number of aromatic nitrogens is 1. The Bertz CT molecular complexity index is 727. The van der Waals surface area contributed by atoms with Gasteiger partial charge in [0.1, 0.15) is 0 Å². The molecule has 1 aromatic heterocycles. The molecule has 4 nitrogen and oxygen atoms in total. The number of hydrogen-bond donors (Lipinski definition) is 0. The van der Waals surface area contributed by atoms with Gasteiger partial charge in [-0.1, -0.05) is 32.0 Å². The molecule has 0 bridgehead atoms. The van der Waals surface area contributed by atoms with Gasteiger partial charge in [-0.15, -0.1) is 0 Å². The Hall–Kier alpha value is -1.72. The molecule has 0 unspecified atom stereocenters. The molecule has 1 aliphatic heterocycles. The van der Waals surface area contributed by atoms with Crippen LogP contribution in [0.15, 0.2) is 47.5 Å². The van der Waals surface area contributed by atoms with Crippen molar-refractivity contribution < 1.29 is 8.42 Å². The van der Waals surface area contributed by atoms with E-state index in [1.165, 1.54) is 4.31 Å². The summed E-state index contributed by atoms with van der Waals surface area (Å²) in [6.45, 7) is 4.93. The van der Waals surface area contributed by atoms with Crippen LogP contribution in [0.25, 0.3) is 0 Å². The molecule has 0 radical (unpaired) electrons. The number of fused-ring (bicyclic) bond motifs is 1. The van der Waals surface area contributed by atoms with Crippen molar-refractivity contribution in [2.75, 3.05) is 0 Å². The van der Waals surface area contributed by atoms with Crippen LogP contribution in [0.4, 0.5) is 0 Å². The normalized spacial score (nSPS) is 15.4. The van der Waals surface area contributed by atoms with Gasteiger partial charge in [0.15, 0.2) is 0 Å². The Balaban J connectivity index is 1.88. The molecule has 21 heavy (non-hydrogen) atoms.